The third kappa shape index (κ3) is 9.43. The molecule has 192 valence electrons. The maximum atomic E-state index is 12.8. The molecule has 2 aromatic carbocycles. The number of phenolic OH excluding ortho intramolecular Hbond substituents is 1. The number of amides is 3. The lowest BCUT2D eigenvalue weighted by molar-refractivity contribution is -0.141. The highest BCUT2D eigenvalue weighted by molar-refractivity contribution is 5.93. The van der Waals surface area contributed by atoms with Gasteiger partial charge in [-0.25, -0.2) is 4.79 Å². The van der Waals surface area contributed by atoms with Crippen molar-refractivity contribution in [3.05, 3.63) is 65.7 Å². The molecule has 2 aromatic rings. The molecule has 0 saturated heterocycles. The summed E-state index contributed by atoms with van der Waals surface area (Å²) < 4.78 is 0. The standard InChI is InChI=1S/C24H28N4O8/c25-17(12-21(31)32)22(33)28-18(10-14-4-2-1-3-5-14)23(34)26-13-20(30)27-19(24(35)36)11-15-6-8-16(29)9-7-15/h1-9,17-19,29H,10-13,25H2,(H,26,34)(H,27,30)(H,28,33)(H,31,32)(H,35,36). The van der Waals surface area contributed by atoms with Gasteiger partial charge in [0.25, 0.3) is 0 Å². The van der Waals surface area contributed by atoms with Crippen LogP contribution in [0.1, 0.15) is 17.5 Å². The van der Waals surface area contributed by atoms with E-state index < -0.39 is 60.8 Å². The Balaban J connectivity index is 2.00. The lowest BCUT2D eigenvalue weighted by Crippen LogP contribution is -2.54. The van der Waals surface area contributed by atoms with E-state index in [0.29, 0.717) is 11.1 Å². The second-order valence-corrected chi connectivity index (χ2v) is 8.00. The van der Waals surface area contributed by atoms with Crippen molar-refractivity contribution in [3.8, 4) is 5.75 Å². The van der Waals surface area contributed by atoms with E-state index in [1.165, 1.54) is 24.3 Å². The highest BCUT2D eigenvalue weighted by Gasteiger charge is 2.26. The highest BCUT2D eigenvalue weighted by atomic mass is 16.4. The maximum absolute atomic E-state index is 12.8. The second kappa shape index (κ2) is 13.4. The normalized spacial score (nSPS) is 13.0. The molecular weight excluding hydrogens is 472 g/mol. The van der Waals surface area contributed by atoms with Crippen LogP contribution in [0.15, 0.2) is 54.6 Å². The molecule has 8 N–H and O–H groups in total. The summed E-state index contributed by atoms with van der Waals surface area (Å²) in [7, 11) is 0. The Bertz CT molecular complexity index is 1080. The third-order valence-corrected chi connectivity index (χ3v) is 5.08. The van der Waals surface area contributed by atoms with Gasteiger partial charge in [-0.2, -0.15) is 0 Å². The lowest BCUT2D eigenvalue weighted by Gasteiger charge is -2.21. The number of nitrogens with one attached hydrogen (secondary N) is 3. The molecule has 36 heavy (non-hydrogen) atoms. The SMILES string of the molecule is NC(CC(=O)O)C(=O)NC(Cc1ccccc1)C(=O)NCC(=O)NC(Cc1ccc(O)cc1)C(=O)O. The first-order valence-corrected chi connectivity index (χ1v) is 10.9. The van der Waals surface area contributed by atoms with E-state index in [2.05, 4.69) is 16.0 Å². The van der Waals surface area contributed by atoms with Crippen molar-refractivity contribution >= 4 is 29.7 Å². The van der Waals surface area contributed by atoms with Gasteiger partial charge < -0.3 is 37.0 Å². The van der Waals surface area contributed by atoms with Crippen molar-refractivity contribution in [2.45, 2.75) is 37.4 Å². The van der Waals surface area contributed by atoms with E-state index in [0.717, 1.165) is 0 Å². The number of carbonyl (C=O) groups excluding carboxylic acids is 3. The topological polar surface area (TPSA) is 208 Å². The van der Waals surface area contributed by atoms with Gasteiger partial charge in [-0.15, -0.1) is 0 Å². The number of aliphatic carboxylic acids is 2. The molecule has 0 saturated carbocycles. The van der Waals surface area contributed by atoms with Crippen LogP contribution in [0.25, 0.3) is 0 Å². The summed E-state index contributed by atoms with van der Waals surface area (Å²) in [5, 5.41) is 34.7. The Labute approximate surface area is 206 Å². The summed E-state index contributed by atoms with van der Waals surface area (Å²) in [4.78, 5) is 59.8. The molecule has 0 aliphatic carbocycles. The minimum absolute atomic E-state index is 0.0124. The molecule has 0 aliphatic rings. The van der Waals surface area contributed by atoms with E-state index in [9.17, 15) is 34.2 Å². The van der Waals surface area contributed by atoms with Gasteiger partial charge in [0.05, 0.1) is 19.0 Å². The van der Waals surface area contributed by atoms with Crippen LogP contribution in [0.3, 0.4) is 0 Å². The lowest BCUT2D eigenvalue weighted by atomic mass is 10.0. The Morgan fingerprint density at radius 3 is 1.94 bits per heavy atom. The van der Waals surface area contributed by atoms with Crippen LogP contribution in [-0.4, -0.2) is 69.7 Å². The number of benzene rings is 2. The number of carbonyl (C=O) groups is 5. The fourth-order valence-electron chi connectivity index (χ4n) is 3.22. The van der Waals surface area contributed by atoms with Crippen LogP contribution >= 0.6 is 0 Å². The van der Waals surface area contributed by atoms with Crippen molar-refractivity contribution in [1.82, 2.24) is 16.0 Å². The maximum Gasteiger partial charge on any atom is 0.326 e. The van der Waals surface area contributed by atoms with Gasteiger partial charge in [0.1, 0.15) is 17.8 Å². The van der Waals surface area contributed by atoms with Gasteiger partial charge >= 0.3 is 11.9 Å². The first-order valence-electron chi connectivity index (χ1n) is 10.9. The van der Waals surface area contributed by atoms with Crippen LogP contribution in [0, 0.1) is 0 Å². The fraction of sp³-hybridized carbons (Fsp3) is 0.292. The van der Waals surface area contributed by atoms with Crippen molar-refractivity contribution in [2.75, 3.05) is 6.54 Å². The Morgan fingerprint density at radius 1 is 0.778 bits per heavy atom. The smallest absolute Gasteiger partial charge is 0.326 e. The van der Waals surface area contributed by atoms with Gasteiger partial charge in [0, 0.05) is 12.8 Å². The zero-order valence-corrected chi connectivity index (χ0v) is 19.2. The van der Waals surface area contributed by atoms with E-state index in [1.807, 2.05) is 0 Å². The zero-order chi connectivity index (χ0) is 26.7. The molecule has 0 spiro atoms. The van der Waals surface area contributed by atoms with Crippen LogP contribution in [-0.2, 0) is 36.8 Å². The molecule has 3 atom stereocenters. The number of carboxylic acid groups (broad SMARTS) is 2. The summed E-state index contributed by atoms with van der Waals surface area (Å²) >= 11 is 0. The number of nitrogens with two attached hydrogens (primary N) is 1. The van der Waals surface area contributed by atoms with Crippen molar-refractivity contribution in [2.24, 2.45) is 5.73 Å². The van der Waals surface area contributed by atoms with Gasteiger partial charge in [0.2, 0.25) is 17.7 Å². The van der Waals surface area contributed by atoms with Crippen LogP contribution < -0.4 is 21.7 Å². The van der Waals surface area contributed by atoms with Crippen molar-refractivity contribution in [1.29, 1.82) is 0 Å². The van der Waals surface area contributed by atoms with E-state index in [1.54, 1.807) is 30.3 Å². The van der Waals surface area contributed by atoms with Gasteiger partial charge in [-0.05, 0) is 23.3 Å². The minimum atomic E-state index is -1.38. The summed E-state index contributed by atoms with van der Waals surface area (Å²) in [6.07, 6.45) is -0.645. The number of hydrogen-bond acceptors (Lipinski definition) is 7. The summed E-state index contributed by atoms with van der Waals surface area (Å²) in [6, 6.07) is 10.7. The van der Waals surface area contributed by atoms with Gasteiger partial charge in [-0.1, -0.05) is 42.5 Å². The average molecular weight is 501 g/mol. The summed E-state index contributed by atoms with van der Waals surface area (Å²) in [5.74, 6) is -4.92. The highest BCUT2D eigenvalue weighted by Crippen LogP contribution is 2.11. The van der Waals surface area contributed by atoms with Crippen LogP contribution in [0.4, 0.5) is 0 Å². The average Bonchev–Trinajstić information content (AvgIpc) is 2.83. The van der Waals surface area contributed by atoms with Gasteiger partial charge in [0.15, 0.2) is 0 Å². The van der Waals surface area contributed by atoms with Crippen LogP contribution in [0.5, 0.6) is 5.75 Å². The molecular formula is C24H28N4O8. The number of hydrogen-bond donors (Lipinski definition) is 7. The molecule has 0 radical (unpaired) electrons. The molecule has 0 aliphatic heterocycles. The number of carboxylic acids is 2. The molecule has 0 aromatic heterocycles. The molecule has 3 unspecified atom stereocenters. The first-order chi connectivity index (χ1) is 17.0. The predicted octanol–water partition coefficient (Wildman–Crippen LogP) is -0.850. The van der Waals surface area contributed by atoms with Crippen molar-refractivity contribution in [3.63, 3.8) is 0 Å². The largest absolute Gasteiger partial charge is 0.508 e. The predicted molar refractivity (Wildman–Crippen MR) is 127 cm³/mol. The molecule has 0 fully saturated rings. The number of aromatic hydroxyl groups is 1. The zero-order valence-electron chi connectivity index (χ0n) is 19.2. The third-order valence-electron chi connectivity index (χ3n) is 5.08. The molecule has 2 rings (SSSR count). The fourth-order valence-corrected chi connectivity index (χ4v) is 3.22. The Kier molecular flexibility index (Phi) is 10.4. The van der Waals surface area contributed by atoms with E-state index in [-0.39, 0.29) is 18.6 Å². The molecule has 12 nitrogen and oxygen atoms in total. The van der Waals surface area contributed by atoms with E-state index >= 15 is 0 Å². The molecule has 0 bridgehead atoms. The van der Waals surface area contributed by atoms with Gasteiger partial charge in [-0.3, -0.25) is 19.2 Å². The Morgan fingerprint density at radius 2 is 1.36 bits per heavy atom. The summed E-state index contributed by atoms with van der Waals surface area (Å²) in [6.45, 7) is -0.569. The summed E-state index contributed by atoms with van der Waals surface area (Å²) in [5.41, 5.74) is 6.83. The molecule has 0 heterocycles. The monoisotopic (exact) mass is 500 g/mol. The quantitative estimate of drug-likeness (QED) is 0.182. The number of rotatable bonds is 13. The van der Waals surface area contributed by atoms with Crippen LogP contribution in [0.2, 0.25) is 0 Å². The molecule has 3 amide bonds. The minimum Gasteiger partial charge on any atom is -0.508 e. The van der Waals surface area contributed by atoms with E-state index in [4.69, 9.17) is 10.8 Å². The second-order valence-electron chi connectivity index (χ2n) is 8.00. The van der Waals surface area contributed by atoms with Crippen molar-refractivity contribution < 1.29 is 39.3 Å². The molecule has 12 heteroatoms. The first kappa shape index (κ1) is 27.8. The Hall–Kier alpha value is -4.45. The number of phenols is 1.